The van der Waals surface area contributed by atoms with Crippen LogP contribution in [0.4, 0.5) is 5.82 Å². The fourth-order valence-corrected chi connectivity index (χ4v) is 2.26. The molecule has 0 atom stereocenters. The van der Waals surface area contributed by atoms with Crippen molar-refractivity contribution in [2.24, 2.45) is 0 Å². The molecule has 2 heterocycles. The van der Waals surface area contributed by atoms with Crippen molar-refractivity contribution in [3.05, 3.63) is 43.0 Å². The molecule has 2 N–H and O–H groups in total. The highest BCUT2D eigenvalue weighted by Crippen LogP contribution is 2.27. The van der Waals surface area contributed by atoms with E-state index in [1.54, 1.807) is 12.4 Å². The average Bonchev–Trinajstić information content (AvgIpc) is 2.48. The minimum Gasteiger partial charge on any atom is -0.424 e. The molecule has 5 nitrogen and oxygen atoms in total. The summed E-state index contributed by atoms with van der Waals surface area (Å²) in [6.45, 7) is 0. The lowest BCUT2D eigenvalue weighted by molar-refractivity contribution is 0.646. The van der Waals surface area contributed by atoms with Gasteiger partial charge < -0.3 is 9.92 Å². The lowest BCUT2D eigenvalue weighted by atomic mass is 10.1. The van der Waals surface area contributed by atoms with Crippen molar-refractivity contribution in [3.63, 3.8) is 0 Å². The molecule has 1 aromatic carbocycles. The van der Waals surface area contributed by atoms with Gasteiger partial charge in [0.15, 0.2) is 5.75 Å². The summed E-state index contributed by atoms with van der Waals surface area (Å²) in [5, 5.41) is 0.834. The van der Waals surface area contributed by atoms with Crippen LogP contribution in [0.5, 0.6) is 5.75 Å². The van der Waals surface area contributed by atoms with Crippen LogP contribution in [0.15, 0.2) is 43.0 Å². The molecule has 0 fully saturated rings. The van der Waals surface area contributed by atoms with Gasteiger partial charge in [-0.3, -0.25) is 4.98 Å². The van der Waals surface area contributed by atoms with Gasteiger partial charge >= 0.3 is 0 Å². The minimum atomic E-state index is 0.473. The Bertz CT molecular complexity index is 763. The monoisotopic (exact) mass is 284 g/mol. The Kier molecular flexibility index (Phi) is 3.39. The largest absolute Gasteiger partial charge is 0.424 e. The Morgan fingerprint density at radius 1 is 1.10 bits per heavy atom. The summed E-state index contributed by atoms with van der Waals surface area (Å²) < 4.78 is 5.38. The second-order valence-electron chi connectivity index (χ2n) is 4.15. The summed E-state index contributed by atoms with van der Waals surface area (Å²) in [7, 11) is 0. The van der Waals surface area contributed by atoms with E-state index in [9.17, 15) is 0 Å². The van der Waals surface area contributed by atoms with Gasteiger partial charge in [0.05, 0.1) is 23.8 Å². The Morgan fingerprint density at radius 2 is 2.00 bits per heavy atom. The second-order valence-corrected chi connectivity index (χ2v) is 4.65. The summed E-state index contributed by atoms with van der Waals surface area (Å²) in [6, 6.07) is 7.80. The number of anilines is 1. The summed E-state index contributed by atoms with van der Waals surface area (Å²) in [4.78, 5) is 12.4. The third kappa shape index (κ3) is 2.37. The lowest BCUT2D eigenvalue weighted by Gasteiger charge is -2.06. The lowest BCUT2D eigenvalue weighted by Crippen LogP contribution is -1.93. The van der Waals surface area contributed by atoms with Gasteiger partial charge in [-0.25, -0.2) is 9.97 Å². The van der Waals surface area contributed by atoms with Gasteiger partial charge in [0.1, 0.15) is 12.1 Å². The molecule has 0 unspecified atom stereocenters. The number of nitrogens with zero attached hydrogens (tertiary/aromatic N) is 3. The summed E-state index contributed by atoms with van der Waals surface area (Å²) in [6.07, 6.45) is 6.79. The van der Waals surface area contributed by atoms with Crippen LogP contribution in [0.25, 0.3) is 22.0 Å². The molecular formula is C14H12N4OS. The van der Waals surface area contributed by atoms with Crippen molar-refractivity contribution in [2.45, 2.75) is 0 Å². The van der Waals surface area contributed by atoms with Gasteiger partial charge in [0.2, 0.25) is 0 Å². The number of pyridine rings is 1. The second kappa shape index (κ2) is 5.34. The molecule has 0 bridgehead atoms. The predicted molar refractivity (Wildman–Crippen MR) is 81.3 cm³/mol. The van der Waals surface area contributed by atoms with Gasteiger partial charge in [0, 0.05) is 23.4 Å². The van der Waals surface area contributed by atoms with Crippen molar-refractivity contribution >= 4 is 28.8 Å². The molecule has 2 aromatic heterocycles. The third-order valence-electron chi connectivity index (χ3n) is 2.89. The minimum absolute atomic E-state index is 0.473. The van der Waals surface area contributed by atoms with E-state index in [1.165, 1.54) is 18.4 Å². The fourth-order valence-electron chi connectivity index (χ4n) is 1.97. The number of rotatable bonds is 3. The first-order chi connectivity index (χ1) is 9.78. The number of aromatic nitrogens is 3. The molecule has 6 heteroatoms. The summed E-state index contributed by atoms with van der Waals surface area (Å²) in [5.41, 5.74) is 8.67. The number of hydrogen-bond donors (Lipinski definition) is 1. The highest BCUT2D eigenvalue weighted by molar-refractivity contribution is 7.94. The highest BCUT2D eigenvalue weighted by Gasteiger charge is 2.05. The van der Waals surface area contributed by atoms with Gasteiger partial charge in [0.25, 0.3) is 0 Å². The van der Waals surface area contributed by atoms with Gasteiger partial charge in [-0.2, -0.15) is 0 Å². The van der Waals surface area contributed by atoms with Crippen LogP contribution in [-0.2, 0) is 0 Å². The topological polar surface area (TPSA) is 73.9 Å². The standard InChI is InChI=1S/C14H12N4OS/c1-20-19-11-4-10(6-16-7-11)9-2-3-13-12(5-9)14(15)18-8-17-13/h2-8H,1H3,(H2,15,17,18). The van der Waals surface area contributed by atoms with E-state index in [2.05, 4.69) is 15.0 Å². The molecule has 0 aliphatic rings. The smallest absolute Gasteiger partial charge is 0.156 e. The predicted octanol–water partition coefficient (Wildman–Crippen LogP) is 2.93. The van der Waals surface area contributed by atoms with Crippen LogP contribution >= 0.6 is 12.0 Å². The van der Waals surface area contributed by atoms with Crippen molar-refractivity contribution in [1.82, 2.24) is 15.0 Å². The zero-order valence-corrected chi connectivity index (χ0v) is 11.6. The molecule has 0 saturated heterocycles. The van der Waals surface area contributed by atoms with Crippen LogP contribution < -0.4 is 9.92 Å². The van der Waals surface area contributed by atoms with Crippen molar-refractivity contribution in [2.75, 3.05) is 12.0 Å². The van der Waals surface area contributed by atoms with E-state index in [1.807, 2.05) is 30.5 Å². The maximum atomic E-state index is 5.89. The number of benzene rings is 1. The van der Waals surface area contributed by atoms with Gasteiger partial charge in [-0.05, 0) is 23.8 Å². The molecule has 0 spiro atoms. The first kappa shape index (κ1) is 12.7. The van der Waals surface area contributed by atoms with Crippen LogP contribution in [0.2, 0.25) is 0 Å². The number of nitrogens with two attached hydrogens (primary N) is 1. The van der Waals surface area contributed by atoms with E-state index in [0.29, 0.717) is 11.6 Å². The summed E-state index contributed by atoms with van der Waals surface area (Å²) in [5.74, 6) is 1.19. The molecule has 0 aliphatic carbocycles. The molecule has 0 saturated carbocycles. The van der Waals surface area contributed by atoms with E-state index < -0.39 is 0 Å². The van der Waals surface area contributed by atoms with E-state index in [0.717, 1.165) is 22.0 Å². The zero-order chi connectivity index (χ0) is 13.9. The molecule has 0 amide bonds. The first-order valence-electron chi connectivity index (χ1n) is 5.94. The van der Waals surface area contributed by atoms with Crippen molar-refractivity contribution in [3.8, 4) is 16.9 Å². The van der Waals surface area contributed by atoms with Crippen molar-refractivity contribution in [1.29, 1.82) is 0 Å². The molecule has 20 heavy (non-hydrogen) atoms. The maximum absolute atomic E-state index is 5.89. The van der Waals surface area contributed by atoms with Gasteiger partial charge in [-0.15, -0.1) is 0 Å². The van der Waals surface area contributed by atoms with Crippen LogP contribution in [-0.4, -0.2) is 21.2 Å². The number of fused-ring (bicyclic) bond motifs is 1. The van der Waals surface area contributed by atoms with Crippen LogP contribution in [0, 0.1) is 0 Å². The molecule has 3 rings (SSSR count). The molecule has 0 radical (unpaired) electrons. The molecule has 3 aromatic rings. The fraction of sp³-hybridized carbons (Fsp3) is 0.0714. The molecule has 100 valence electrons. The average molecular weight is 284 g/mol. The highest BCUT2D eigenvalue weighted by atomic mass is 32.2. The SMILES string of the molecule is CSOc1cncc(-c2ccc3ncnc(N)c3c2)c1. The quantitative estimate of drug-likeness (QED) is 0.745. The van der Waals surface area contributed by atoms with Crippen LogP contribution in [0.1, 0.15) is 0 Å². The van der Waals surface area contributed by atoms with Gasteiger partial charge in [-0.1, -0.05) is 6.07 Å². The first-order valence-corrected chi connectivity index (χ1v) is 7.09. The Labute approximate surface area is 120 Å². The van der Waals surface area contributed by atoms with Crippen molar-refractivity contribution < 1.29 is 4.18 Å². The Balaban J connectivity index is 2.10. The van der Waals surface area contributed by atoms with Crippen LogP contribution in [0.3, 0.4) is 0 Å². The zero-order valence-electron chi connectivity index (χ0n) is 10.8. The number of nitrogen functional groups attached to an aromatic ring is 1. The number of hydrogen-bond acceptors (Lipinski definition) is 6. The van der Waals surface area contributed by atoms with E-state index >= 15 is 0 Å². The van der Waals surface area contributed by atoms with E-state index in [4.69, 9.17) is 9.92 Å². The third-order valence-corrected chi connectivity index (χ3v) is 3.25. The molecule has 0 aliphatic heterocycles. The Hall–Kier alpha value is -2.34. The molecular weight excluding hydrogens is 272 g/mol. The maximum Gasteiger partial charge on any atom is 0.156 e. The van der Waals surface area contributed by atoms with E-state index in [-0.39, 0.29) is 0 Å². The summed E-state index contributed by atoms with van der Waals surface area (Å²) >= 11 is 1.28. The normalized spacial score (nSPS) is 10.7. The Morgan fingerprint density at radius 3 is 2.85 bits per heavy atom.